The number of hydrogen-bond acceptors (Lipinski definition) is 2. The highest BCUT2D eigenvalue weighted by Crippen LogP contribution is 2.49. The van der Waals surface area contributed by atoms with Crippen molar-refractivity contribution in [1.29, 1.82) is 0 Å². The first-order valence-corrected chi connectivity index (χ1v) is 15.9. The molecule has 0 atom stereocenters. The van der Waals surface area contributed by atoms with Crippen LogP contribution in [0.25, 0.3) is 67.3 Å². The van der Waals surface area contributed by atoms with E-state index in [4.69, 9.17) is 9.97 Å². The van der Waals surface area contributed by atoms with Crippen molar-refractivity contribution in [2.24, 2.45) is 0 Å². The van der Waals surface area contributed by atoms with Crippen LogP contribution in [0, 0.1) is 6.92 Å². The molecule has 0 fully saturated rings. The standard InChI is InChI=1S/C44H34N2/c1-29-35(21-13-22-36(29)33-24-25-40-38(27-33)37-20-10-11-23-39(37)44(40,2)3)32-18-12-19-34(26-32)42-28-41(30-14-6-4-7-15-30)45-43(46-42)31-16-8-5-9-17-31/h4-28H,1-3H3. The fraction of sp³-hybridized carbons (Fsp3) is 0.0909. The molecule has 7 aromatic rings. The predicted molar refractivity (Wildman–Crippen MR) is 192 cm³/mol. The third kappa shape index (κ3) is 4.74. The number of aromatic nitrogens is 2. The topological polar surface area (TPSA) is 25.8 Å². The van der Waals surface area contributed by atoms with E-state index in [1.165, 1.54) is 50.1 Å². The van der Waals surface area contributed by atoms with Crippen LogP contribution in [-0.2, 0) is 5.41 Å². The molecule has 2 nitrogen and oxygen atoms in total. The Morgan fingerprint density at radius 2 is 0.913 bits per heavy atom. The van der Waals surface area contributed by atoms with Gasteiger partial charge in [-0.05, 0) is 75.2 Å². The largest absolute Gasteiger partial charge is 0.228 e. The zero-order valence-electron chi connectivity index (χ0n) is 26.3. The van der Waals surface area contributed by atoms with E-state index in [0.717, 1.165) is 33.9 Å². The zero-order chi connectivity index (χ0) is 31.3. The molecule has 1 aliphatic rings. The average Bonchev–Trinajstić information content (AvgIpc) is 3.34. The van der Waals surface area contributed by atoms with Crippen LogP contribution in [0.5, 0.6) is 0 Å². The van der Waals surface area contributed by atoms with Gasteiger partial charge in [-0.15, -0.1) is 0 Å². The minimum absolute atomic E-state index is 0.00351. The Balaban J connectivity index is 1.21. The summed E-state index contributed by atoms with van der Waals surface area (Å²) in [5.41, 5.74) is 16.6. The lowest BCUT2D eigenvalue weighted by atomic mass is 9.82. The second-order valence-corrected chi connectivity index (χ2v) is 12.7. The fourth-order valence-corrected chi connectivity index (χ4v) is 7.06. The van der Waals surface area contributed by atoms with E-state index in [9.17, 15) is 0 Å². The lowest BCUT2D eigenvalue weighted by molar-refractivity contribution is 0.660. The fourth-order valence-electron chi connectivity index (χ4n) is 7.06. The summed E-state index contributed by atoms with van der Waals surface area (Å²) in [5, 5.41) is 0. The maximum absolute atomic E-state index is 5.07. The lowest BCUT2D eigenvalue weighted by Gasteiger charge is -2.21. The number of benzene rings is 6. The number of hydrogen-bond donors (Lipinski definition) is 0. The first kappa shape index (κ1) is 27.9. The van der Waals surface area contributed by atoms with Gasteiger partial charge in [-0.25, -0.2) is 9.97 Å². The summed E-state index contributed by atoms with van der Waals surface area (Å²) < 4.78 is 0. The molecule has 0 bridgehead atoms. The summed E-state index contributed by atoms with van der Waals surface area (Å²) in [6, 6.07) is 53.9. The number of rotatable bonds is 5. The Morgan fingerprint density at radius 3 is 1.65 bits per heavy atom. The molecule has 0 radical (unpaired) electrons. The molecule has 0 amide bonds. The maximum atomic E-state index is 5.07. The van der Waals surface area contributed by atoms with Crippen molar-refractivity contribution in [3.8, 4) is 67.3 Å². The van der Waals surface area contributed by atoms with Gasteiger partial charge in [0.2, 0.25) is 0 Å². The normalized spacial score (nSPS) is 12.8. The molecule has 8 rings (SSSR count). The molecule has 0 unspecified atom stereocenters. The lowest BCUT2D eigenvalue weighted by Crippen LogP contribution is -2.14. The van der Waals surface area contributed by atoms with Crippen molar-refractivity contribution in [1.82, 2.24) is 9.97 Å². The smallest absolute Gasteiger partial charge is 0.160 e. The minimum atomic E-state index is 0.00351. The van der Waals surface area contributed by atoms with Crippen molar-refractivity contribution in [3.63, 3.8) is 0 Å². The van der Waals surface area contributed by atoms with Gasteiger partial charge in [-0.2, -0.15) is 0 Å². The van der Waals surface area contributed by atoms with Crippen molar-refractivity contribution in [3.05, 3.63) is 168 Å². The van der Waals surface area contributed by atoms with Gasteiger partial charge < -0.3 is 0 Å². The van der Waals surface area contributed by atoms with Crippen LogP contribution in [0.3, 0.4) is 0 Å². The zero-order valence-corrected chi connectivity index (χ0v) is 26.3. The number of nitrogens with zero attached hydrogens (tertiary/aromatic N) is 2. The molecule has 1 aliphatic carbocycles. The highest BCUT2D eigenvalue weighted by Gasteiger charge is 2.35. The van der Waals surface area contributed by atoms with E-state index < -0.39 is 0 Å². The molecule has 1 aromatic heterocycles. The van der Waals surface area contributed by atoms with Crippen LogP contribution < -0.4 is 0 Å². The third-order valence-corrected chi connectivity index (χ3v) is 9.53. The summed E-state index contributed by atoms with van der Waals surface area (Å²) >= 11 is 0. The second-order valence-electron chi connectivity index (χ2n) is 12.7. The summed E-state index contributed by atoms with van der Waals surface area (Å²) in [6.07, 6.45) is 0. The van der Waals surface area contributed by atoms with Gasteiger partial charge in [0.25, 0.3) is 0 Å². The van der Waals surface area contributed by atoms with E-state index in [2.05, 4.69) is 148 Å². The van der Waals surface area contributed by atoms with Crippen LogP contribution in [0.2, 0.25) is 0 Å². The SMILES string of the molecule is Cc1c(-c2cccc(-c3cc(-c4ccccc4)nc(-c4ccccc4)n3)c2)cccc1-c1ccc2c(c1)-c1ccccc1C2(C)C. The highest BCUT2D eigenvalue weighted by atomic mass is 14.9. The van der Waals surface area contributed by atoms with Crippen LogP contribution in [-0.4, -0.2) is 9.97 Å². The Labute approximate surface area is 271 Å². The molecular formula is C44H34N2. The summed E-state index contributed by atoms with van der Waals surface area (Å²) in [4.78, 5) is 10.0. The second kappa shape index (κ2) is 11.1. The average molecular weight is 591 g/mol. The van der Waals surface area contributed by atoms with E-state index in [1.807, 2.05) is 24.3 Å². The summed E-state index contributed by atoms with van der Waals surface area (Å²) in [7, 11) is 0. The van der Waals surface area contributed by atoms with Crippen molar-refractivity contribution >= 4 is 0 Å². The van der Waals surface area contributed by atoms with E-state index in [-0.39, 0.29) is 5.41 Å². The van der Waals surface area contributed by atoms with Gasteiger partial charge in [-0.3, -0.25) is 0 Å². The maximum Gasteiger partial charge on any atom is 0.160 e. The van der Waals surface area contributed by atoms with Crippen LogP contribution >= 0.6 is 0 Å². The quantitative estimate of drug-likeness (QED) is 0.199. The summed E-state index contributed by atoms with van der Waals surface area (Å²) in [6.45, 7) is 6.91. The van der Waals surface area contributed by atoms with Gasteiger partial charge in [0.15, 0.2) is 5.82 Å². The highest BCUT2D eigenvalue weighted by molar-refractivity contribution is 5.87. The van der Waals surface area contributed by atoms with Gasteiger partial charge in [0.05, 0.1) is 11.4 Å². The van der Waals surface area contributed by atoms with Gasteiger partial charge in [-0.1, -0.05) is 147 Å². The minimum Gasteiger partial charge on any atom is -0.228 e. The molecule has 0 saturated carbocycles. The molecule has 220 valence electrons. The van der Waals surface area contributed by atoms with Crippen LogP contribution in [0.1, 0.15) is 30.5 Å². The van der Waals surface area contributed by atoms with Crippen molar-refractivity contribution in [2.45, 2.75) is 26.2 Å². The Bertz CT molecular complexity index is 2170. The van der Waals surface area contributed by atoms with Gasteiger partial charge in [0, 0.05) is 22.1 Å². The molecule has 0 aliphatic heterocycles. The first-order valence-electron chi connectivity index (χ1n) is 15.9. The van der Waals surface area contributed by atoms with E-state index >= 15 is 0 Å². The third-order valence-electron chi connectivity index (χ3n) is 9.53. The van der Waals surface area contributed by atoms with Crippen molar-refractivity contribution < 1.29 is 0 Å². The Kier molecular flexibility index (Phi) is 6.73. The first-order chi connectivity index (χ1) is 22.5. The Morgan fingerprint density at radius 1 is 0.391 bits per heavy atom. The molecule has 6 aromatic carbocycles. The molecule has 46 heavy (non-hydrogen) atoms. The molecule has 0 N–H and O–H groups in total. The predicted octanol–water partition coefficient (Wildman–Crippen LogP) is 11.4. The van der Waals surface area contributed by atoms with E-state index in [0.29, 0.717) is 0 Å². The van der Waals surface area contributed by atoms with Gasteiger partial charge >= 0.3 is 0 Å². The van der Waals surface area contributed by atoms with Gasteiger partial charge in [0.1, 0.15) is 0 Å². The molecule has 2 heteroatoms. The van der Waals surface area contributed by atoms with Crippen molar-refractivity contribution in [2.75, 3.05) is 0 Å². The van der Waals surface area contributed by atoms with Crippen LogP contribution in [0.15, 0.2) is 152 Å². The molecule has 0 spiro atoms. The Hall–Kier alpha value is -5.60. The monoisotopic (exact) mass is 590 g/mol. The van der Waals surface area contributed by atoms with Crippen LogP contribution in [0.4, 0.5) is 0 Å². The van der Waals surface area contributed by atoms with E-state index in [1.54, 1.807) is 0 Å². The molecular weight excluding hydrogens is 556 g/mol. The molecule has 0 saturated heterocycles. The number of fused-ring (bicyclic) bond motifs is 3. The summed E-state index contributed by atoms with van der Waals surface area (Å²) in [5.74, 6) is 0.724. The molecule has 1 heterocycles.